The number of hydrogen-bond donors (Lipinski definition) is 1. The Morgan fingerprint density at radius 3 is 2.57 bits per heavy atom. The molecule has 1 N–H and O–H groups in total. The second-order valence-electron chi connectivity index (χ2n) is 10.3. The van der Waals surface area contributed by atoms with E-state index in [4.69, 9.17) is 4.74 Å². The standard InChI is InChI=1S/C26H24FN3O4S/c1-26(2,3)34-25(33)29-11-14-5-4-13(8-15(14)12-29)17-10-20-18(9-19(17)27)22(31)21-23(32)28-35-24(21)30(20)16-6-7-16/h4-5,8-10,16H,6-7,11-12H2,1-3H3,(H,28,32). The maximum atomic E-state index is 15.4. The molecule has 0 saturated heterocycles. The first-order valence-corrected chi connectivity index (χ1v) is 12.4. The molecule has 2 aliphatic rings. The highest BCUT2D eigenvalue weighted by molar-refractivity contribution is 7.12. The molecule has 3 heterocycles. The summed E-state index contributed by atoms with van der Waals surface area (Å²) >= 11 is 1.15. The third kappa shape index (κ3) is 3.65. The number of aromatic nitrogens is 2. The number of nitrogens with zero attached hydrogens (tertiary/aromatic N) is 2. The van der Waals surface area contributed by atoms with Crippen molar-refractivity contribution < 1.29 is 13.9 Å². The van der Waals surface area contributed by atoms with E-state index < -0.39 is 22.4 Å². The highest BCUT2D eigenvalue weighted by Gasteiger charge is 2.30. The molecule has 1 aliphatic carbocycles. The molecule has 4 aromatic rings. The van der Waals surface area contributed by atoms with Gasteiger partial charge < -0.3 is 9.30 Å². The summed E-state index contributed by atoms with van der Waals surface area (Å²) in [6.07, 6.45) is 1.52. The highest BCUT2D eigenvalue weighted by atomic mass is 32.1. The minimum atomic E-state index is -0.582. The molecule has 0 atom stereocenters. The number of hydrogen-bond acceptors (Lipinski definition) is 5. The molecule has 2 aromatic heterocycles. The Balaban J connectivity index is 1.45. The van der Waals surface area contributed by atoms with E-state index in [-0.39, 0.29) is 22.9 Å². The minimum absolute atomic E-state index is 0.0984. The Bertz CT molecular complexity index is 1660. The average Bonchev–Trinajstić information content (AvgIpc) is 3.40. The third-order valence-corrected chi connectivity index (χ3v) is 7.40. The van der Waals surface area contributed by atoms with Crippen LogP contribution >= 0.6 is 11.5 Å². The van der Waals surface area contributed by atoms with Gasteiger partial charge in [-0.15, -0.1) is 0 Å². The van der Waals surface area contributed by atoms with Crippen molar-refractivity contribution in [3.8, 4) is 11.1 Å². The smallest absolute Gasteiger partial charge is 0.410 e. The van der Waals surface area contributed by atoms with Crippen LogP contribution in [0.2, 0.25) is 0 Å². The van der Waals surface area contributed by atoms with Gasteiger partial charge in [0, 0.05) is 30.1 Å². The number of rotatable bonds is 2. The molecule has 0 unspecified atom stereocenters. The van der Waals surface area contributed by atoms with Crippen LogP contribution in [0, 0.1) is 5.82 Å². The van der Waals surface area contributed by atoms with Gasteiger partial charge in [0.2, 0.25) is 5.43 Å². The van der Waals surface area contributed by atoms with E-state index in [1.54, 1.807) is 11.0 Å². The Labute approximate surface area is 203 Å². The number of pyridine rings is 1. The number of aromatic amines is 1. The van der Waals surface area contributed by atoms with Crippen LogP contribution in [0.5, 0.6) is 0 Å². The number of halogens is 1. The summed E-state index contributed by atoms with van der Waals surface area (Å²) < 4.78 is 25.6. The highest BCUT2D eigenvalue weighted by Crippen LogP contribution is 2.41. The fourth-order valence-corrected chi connectivity index (χ4v) is 5.71. The molecule has 1 saturated carbocycles. The Morgan fingerprint density at radius 2 is 1.86 bits per heavy atom. The predicted octanol–water partition coefficient (Wildman–Crippen LogP) is 5.30. The number of H-pyrrole nitrogens is 1. The van der Waals surface area contributed by atoms with Crippen LogP contribution in [0.25, 0.3) is 32.2 Å². The van der Waals surface area contributed by atoms with E-state index >= 15 is 4.39 Å². The molecule has 0 radical (unpaired) electrons. The molecule has 180 valence electrons. The molecule has 6 rings (SSSR count). The van der Waals surface area contributed by atoms with Crippen molar-refractivity contribution in [3.05, 3.63) is 67.9 Å². The quantitative estimate of drug-likeness (QED) is 0.411. The number of carbonyl (C=O) groups excluding carboxylic acids is 1. The van der Waals surface area contributed by atoms with Crippen molar-refractivity contribution in [2.75, 3.05) is 0 Å². The molecule has 2 aromatic carbocycles. The summed E-state index contributed by atoms with van der Waals surface area (Å²) in [7, 11) is 0. The van der Waals surface area contributed by atoms with Crippen molar-refractivity contribution in [3.63, 3.8) is 0 Å². The van der Waals surface area contributed by atoms with Gasteiger partial charge in [-0.1, -0.05) is 12.1 Å². The molecular formula is C26H24FN3O4S. The number of ether oxygens (including phenoxy) is 1. The van der Waals surface area contributed by atoms with E-state index in [0.717, 1.165) is 35.5 Å². The van der Waals surface area contributed by atoms with Gasteiger partial charge in [-0.25, -0.2) is 9.18 Å². The zero-order valence-electron chi connectivity index (χ0n) is 19.6. The van der Waals surface area contributed by atoms with E-state index in [1.165, 1.54) is 6.07 Å². The maximum absolute atomic E-state index is 15.4. The lowest BCUT2D eigenvalue weighted by molar-refractivity contribution is 0.0242. The van der Waals surface area contributed by atoms with E-state index in [0.29, 0.717) is 34.6 Å². The normalized spacial score (nSPS) is 15.7. The molecule has 7 nitrogen and oxygen atoms in total. The number of carbonyl (C=O) groups is 1. The lowest BCUT2D eigenvalue weighted by Crippen LogP contribution is -2.33. The first-order valence-electron chi connectivity index (χ1n) is 11.6. The van der Waals surface area contributed by atoms with Gasteiger partial charge in [-0.2, -0.15) is 0 Å². The van der Waals surface area contributed by atoms with Crippen LogP contribution in [0.4, 0.5) is 9.18 Å². The SMILES string of the molecule is CC(C)(C)OC(=O)N1Cc2ccc(-c3cc4c(cc3F)c(=O)c3c(=O)[nH]sc3n4C3CC3)cc2C1. The summed E-state index contributed by atoms with van der Waals surface area (Å²) in [6.45, 7) is 6.32. The monoisotopic (exact) mass is 493 g/mol. The summed E-state index contributed by atoms with van der Waals surface area (Å²) in [6, 6.07) is 8.81. The molecule has 1 fully saturated rings. The van der Waals surface area contributed by atoms with Crippen molar-refractivity contribution in [2.24, 2.45) is 0 Å². The van der Waals surface area contributed by atoms with Crippen LogP contribution in [0.3, 0.4) is 0 Å². The Kier molecular flexibility index (Phi) is 4.73. The second kappa shape index (κ2) is 7.52. The Hall–Kier alpha value is -3.46. The van der Waals surface area contributed by atoms with Crippen LogP contribution in [0.1, 0.15) is 50.8 Å². The molecule has 1 aliphatic heterocycles. The summed E-state index contributed by atoms with van der Waals surface area (Å²) in [5, 5.41) is 0.313. The zero-order chi connectivity index (χ0) is 24.6. The topological polar surface area (TPSA) is 84.4 Å². The molecule has 0 spiro atoms. The zero-order valence-corrected chi connectivity index (χ0v) is 20.4. The van der Waals surface area contributed by atoms with Gasteiger partial charge in [0.15, 0.2) is 0 Å². The molecular weight excluding hydrogens is 469 g/mol. The van der Waals surface area contributed by atoms with Crippen molar-refractivity contribution in [2.45, 2.75) is 58.3 Å². The summed E-state index contributed by atoms with van der Waals surface area (Å²) in [5.74, 6) is -0.523. The Morgan fingerprint density at radius 1 is 1.11 bits per heavy atom. The fraction of sp³-hybridized carbons (Fsp3) is 0.346. The van der Waals surface area contributed by atoms with Gasteiger partial charge >= 0.3 is 6.09 Å². The molecule has 9 heteroatoms. The van der Waals surface area contributed by atoms with E-state index in [9.17, 15) is 14.4 Å². The second-order valence-corrected chi connectivity index (χ2v) is 11.1. The first kappa shape index (κ1) is 22.0. The lowest BCUT2D eigenvalue weighted by atomic mass is 9.98. The summed E-state index contributed by atoms with van der Waals surface area (Å²) in [4.78, 5) is 40.1. The fourth-order valence-electron chi connectivity index (χ4n) is 4.78. The summed E-state index contributed by atoms with van der Waals surface area (Å²) in [5.41, 5.74) is 2.17. The molecule has 35 heavy (non-hydrogen) atoms. The van der Waals surface area contributed by atoms with Crippen LogP contribution < -0.4 is 11.0 Å². The van der Waals surface area contributed by atoms with Crippen LogP contribution in [0.15, 0.2) is 39.9 Å². The average molecular weight is 494 g/mol. The van der Waals surface area contributed by atoms with Gasteiger partial charge in [0.1, 0.15) is 21.6 Å². The van der Waals surface area contributed by atoms with Crippen molar-refractivity contribution in [1.82, 2.24) is 13.8 Å². The number of benzene rings is 2. The number of fused-ring (bicyclic) bond motifs is 3. The van der Waals surface area contributed by atoms with E-state index in [2.05, 4.69) is 4.37 Å². The van der Waals surface area contributed by atoms with Crippen molar-refractivity contribution in [1.29, 1.82) is 0 Å². The number of amides is 1. The largest absolute Gasteiger partial charge is 0.444 e. The first-order chi connectivity index (χ1) is 16.6. The predicted molar refractivity (Wildman–Crippen MR) is 133 cm³/mol. The number of nitrogens with one attached hydrogen (secondary N) is 1. The molecule has 0 bridgehead atoms. The van der Waals surface area contributed by atoms with Crippen molar-refractivity contribution >= 4 is 38.7 Å². The van der Waals surface area contributed by atoms with Gasteiger partial charge in [0.05, 0.1) is 5.52 Å². The van der Waals surface area contributed by atoms with Crippen LogP contribution in [-0.2, 0) is 17.8 Å². The van der Waals surface area contributed by atoms with Gasteiger partial charge in [0.25, 0.3) is 5.56 Å². The van der Waals surface area contributed by atoms with E-state index in [1.807, 2.05) is 43.5 Å². The van der Waals surface area contributed by atoms with Crippen LogP contribution in [-0.4, -0.2) is 25.5 Å². The third-order valence-electron chi connectivity index (χ3n) is 6.52. The van der Waals surface area contributed by atoms with Gasteiger partial charge in [-0.05, 0) is 80.0 Å². The maximum Gasteiger partial charge on any atom is 0.410 e. The minimum Gasteiger partial charge on any atom is -0.444 e. The lowest BCUT2D eigenvalue weighted by Gasteiger charge is -2.24. The van der Waals surface area contributed by atoms with Gasteiger partial charge in [-0.3, -0.25) is 18.9 Å². The molecule has 1 amide bonds.